The van der Waals surface area contributed by atoms with Gasteiger partial charge in [0, 0.05) is 32.0 Å². The van der Waals surface area contributed by atoms with E-state index in [9.17, 15) is 14.7 Å². The third-order valence-corrected chi connectivity index (χ3v) is 4.32. The predicted octanol–water partition coefficient (Wildman–Crippen LogP) is 2.02. The normalized spacial score (nSPS) is 18.7. The van der Waals surface area contributed by atoms with Crippen LogP contribution in [0.2, 0.25) is 0 Å². The average Bonchev–Trinajstić information content (AvgIpc) is 3.02. The third kappa shape index (κ3) is 5.06. The fourth-order valence-corrected chi connectivity index (χ4v) is 3.13. The number of hydrogen-bond acceptors (Lipinski definition) is 3. The number of nitrogens with zero attached hydrogens (tertiary/aromatic N) is 1. The van der Waals surface area contributed by atoms with E-state index in [-0.39, 0.29) is 30.7 Å². The minimum Gasteiger partial charge on any atom is -0.388 e. The van der Waals surface area contributed by atoms with Crippen molar-refractivity contribution >= 4 is 11.8 Å². The molecule has 0 saturated carbocycles. The van der Waals surface area contributed by atoms with Gasteiger partial charge in [-0.25, -0.2) is 0 Å². The summed E-state index contributed by atoms with van der Waals surface area (Å²) in [6.07, 6.45) is 2.34. The van der Waals surface area contributed by atoms with Crippen molar-refractivity contribution < 1.29 is 14.7 Å². The van der Waals surface area contributed by atoms with E-state index in [0.717, 1.165) is 24.9 Å². The highest BCUT2D eigenvalue weighted by Crippen LogP contribution is 2.27. The van der Waals surface area contributed by atoms with Gasteiger partial charge in [0.2, 0.25) is 11.8 Å². The molecule has 1 aliphatic heterocycles. The Bertz CT molecular complexity index is 518. The first-order valence-corrected chi connectivity index (χ1v) is 8.41. The maximum Gasteiger partial charge on any atom is 0.223 e. The zero-order valence-corrected chi connectivity index (χ0v) is 13.7. The molecule has 0 aromatic heterocycles. The zero-order valence-electron chi connectivity index (χ0n) is 13.7. The Morgan fingerprint density at radius 2 is 2.04 bits per heavy atom. The summed E-state index contributed by atoms with van der Waals surface area (Å²) in [6, 6.07) is 9.60. The minimum atomic E-state index is -0.557. The quantitative estimate of drug-likeness (QED) is 0.808. The average molecular weight is 318 g/mol. The zero-order chi connectivity index (χ0) is 16.7. The van der Waals surface area contributed by atoms with Crippen LogP contribution in [0.15, 0.2) is 30.3 Å². The predicted molar refractivity (Wildman–Crippen MR) is 88.7 cm³/mol. The summed E-state index contributed by atoms with van der Waals surface area (Å²) >= 11 is 0. The number of carbonyl (C=O) groups excluding carboxylic acids is 2. The second kappa shape index (κ2) is 8.67. The summed E-state index contributed by atoms with van der Waals surface area (Å²) < 4.78 is 0. The van der Waals surface area contributed by atoms with Crippen LogP contribution < -0.4 is 5.32 Å². The van der Waals surface area contributed by atoms with Gasteiger partial charge in [0.1, 0.15) is 0 Å². The molecule has 1 aromatic carbocycles. The molecule has 5 heteroatoms. The van der Waals surface area contributed by atoms with Gasteiger partial charge in [0.25, 0.3) is 0 Å². The summed E-state index contributed by atoms with van der Waals surface area (Å²) in [7, 11) is 0. The van der Waals surface area contributed by atoms with Crippen molar-refractivity contribution in [2.45, 2.75) is 51.2 Å². The van der Waals surface area contributed by atoms with Crippen LogP contribution in [0.3, 0.4) is 0 Å². The lowest BCUT2D eigenvalue weighted by Gasteiger charge is -2.26. The molecule has 126 valence electrons. The van der Waals surface area contributed by atoms with Gasteiger partial charge in [0.15, 0.2) is 0 Å². The standard InChI is InChI=1S/C18H26N2O3/c1-2-19-17(22)10-11-18(23)20-12-6-9-15(20)13-16(21)14-7-4-3-5-8-14/h3-5,7-8,15-16,21H,2,6,9-13H2,1H3,(H,19,22). The smallest absolute Gasteiger partial charge is 0.223 e. The fourth-order valence-electron chi connectivity index (χ4n) is 3.13. The molecule has 0 radical (unpaired) electrons. The van der Waals surface area contributed by atoms with Crippen LogP contribution in [0.4, 0.5) is 0 Å². The summed E-state index contributed by atoms with van der Waals surface area (Å²) in [5, 5.41) is 13.1. The number of aliphatic hydroxyl groups excluding tert-OH is 1. The lowest BCUT2D eigenvalue weighted by Crippen LogP contribution is -2.37. The van der Waals surface area contributed by atoms with Crippen LogP contribution in [0.1, 0.15) is 50.7 Å². The summed E-state index contributed by atoms with van der Waals surface area (Å²) in [6.45, 7) is 3.17. The van der Waals surface area contributed by atoms with Gasteiger partial charge in [0.05, 0.1) is 6.10 Å². The van der Waals surface area contributed by atoms with Crippen LogP contribution in [-0.2, 0) is 9.59 Å². The van der Waals surface area contributed by atoms with Crippen LogP contribution >= 0.6 is 0 Å². The number of amides is 2. The van der Waals surface area contributed by atoms with Gasteiger partial charge in [-0.2, -0.15) is 0 Å². The molecule has 0 spiro atoms. The van der Waals surface area contributed by atoms with Crippen LogP contribution in [0.25, 0.3) is 0 Å². The van der Waals surface area contributed by atoms with Crippen molar-refractivity contribution in [3.8, 4) is 0 Å². The summed E-state index contributed by atoms with van der Waals surface area (Å²) in [4.78, 5) is 25.7. The molecule has 5 nitrogen and oxygen atoms in total. The molecule has 0 bridgehead atoms. The highest BCUT2D eigenvalue weighted by atomic mass is 16.3. The Morgan fingerprint density at radius 3 is 2.74 bits per heavy atom. The van der Waals surface area contributed by atoms with Crippen molar-refractivity contribution in [1.29, 1.82) is 0 Å². The van der Waals surface area contributed by atoms with Crippen molar-refractivity contribution in [2.24, 2.45) is 0 Å². The molecule has 1 saturated heterocycles. The molecular weight excluding hydrogens is 292 g/mol. The van der Waals surface area contributed by atoms with E-state index in [2.05, 4.69) is 5.32 Å². The summed E-state index contributed by atoms with van der Waals surface area (Å²) in [5.41, 5.74) is 0.883. The number of benzene rings is 1. The number of hydrogen-bond donors (Lipinski definition) is 2. The van der Waals surface area contributed by atoms with E-state index in [4.69, 9.17) is 0 Å². The maximum absolute atomic E-state index is 12.3. The van der Waals surface area contributed by atoms with Gasteiger partial charge in [-0.15, -0.1) is 0 Å². The monoisotopic (exact) mass is 318 g/mol. The van der Waals surface area contributed by atoms with Gasteiger partial charge in [-0.3, -0.25) is 9.59 Å². The molecule has 1 fully saturated rings. The Kier molecular flexibility index (Phi) is 6.59. The molecule has 2 unspecified atom stereocenters. The van der Waals surface area contributed by atoms with E-state index in [1.807, 2.05) is 42.2 Å². The van der Waals surface area contributed by atoms with Crippen molar-refractivity contribution in [1.82, 2.24) is 10.2 Å². The SMILES string of the molecule is CCNC(=O)CCC(=O)N1CCCC1CC(O)c1ccccc1. The van der Waals surface area contributed by atoms with E-state index in [1.165, 1.54) is 0 Å². The van der Waals surface area contributed by atoms with Crippen LogP contribution in [0.5, 0.6) is 0 Å². The summed E-state index contributed by atoms with van der Waals surface area (Å²) in [5.74, 6) is -0.0695. The molecule has 2 amide bonds. The van der Waals surface area contributed by atoms with Crippen LogP contribution in [-0.4, -0.2) is 41.0 Å². The minimum absolute atomic E-state index is 0.0130. The number of likely N-dealkylation sites (tertiary alicyclic amines) is 1. The van der Waals surface area contributed by atoms with Crippen molar-refractivity contribution in [3.05, 3.63) is 35.9 Å². The van der Waals surface area contributed by atoms with Gasteiger partial charge in [-0.05, 0) is 31.7 Å². The van der Waals surface area contributed by atoms with E-state index in [1.54, 1.807) is 0 Å². The lowest BCUT2D eigenvalue weighted by atomic mass is 10.0. The third-order valence-electron chi connectivity index (χ3n) is 4.32. The van der Waals surface area contributed by atoms with E-state index in [0.29, 0.717) is 13.0 Å². The maximum atomic E-state index is 12.3. The Balaban J connectivity index is 1.87. The highest BCUT2D eigenvalue weighted by molar-refractivity contribution is 5.84. The number of rotatable bonds is 7. The number of carbonyl (C=O) groups is 2. The van der Waals surface area contributed by atoms with Crippen molar-refractivity contribution in [2.75, 3.05) is 13.1 Å². The Morgan fingerprint density at radius 1 is 1.30 bits per heavy atom. The molecule has 1 aliphatic rings. The second-order valence-electron chi connectivity index (χ2n) is 6.00. The van der Waals surface area contributed by atoms with Crippen molar-refractivity contribution in [3.63, 3.8) is 0 Å². The van der Waals surface area contributed by atoms with Gasteiger partial charge in [-0.1, -0.05) is 30.3 Å². The topological polar surface area (TPSA) is 69.6 Å². The Labute approximate surface area is 137 Å². The second-order valence-corrected chi connectivity index (χ2v) is 6.00. The first-order chi connectivity index (χ1) is 11.1. The Hall–Kier alpha value is -1.88. The molecule has 1 heterocycles. The van der Waals surface area contributed by atoms with Gasteiger partial charge >= 0.3 is 0 Å². The molecule has 1 aromatic rings. The molecular formula is C18H26N2O3. The molecule has 2 N–H and O–H groups in total. The molecule has 0 aliphatic carbocycles. The molecule has 2 atom stereocenters. The fraction of sp³-hybridized carbons (Fsp3) is 0.556. The van der Waals surface area contributed by atoms with Crippen LogP contribution in [0, 0.1) is 0 Å². The molecule has 2 rings (SSSR count). The van der Waals surface area contributed by atoms with Gasteiger partial charge < -0.3 is 15.3 Å². The highest BCUT2D eigenvalue weighted by Gasteiger charge is 2.30. The first kappa shape index (κ1) is 17.5. The number of nitrogens with one attached hydrogen (secondary N) is 1. The van der Waals surface area contributed by atoms with E-state index >= 15 is 0 Å². The largest absolute Gasteiger partial charge is 0.388 e. The molecule has 23 heavy (non-hydrogen) atoms. The first-order valence-electron chi connectivity index (χ1n) is 8.41. The lowest BCUT2D eigenvalue weighted by molar-refractivity contribution is -0.134. The van der Waals surface area contributed by atoms with E-state index < -0.39 is 6.10 Å². The number of aliphatic hydroxyl groups is 1.